The van der Waals surface area contributed by atoms with Crippen molar-refractivity contribution in [2.45, 2.75) is 13.0 Å². The molecule has 0 atom stereocenters. The van der Waals surface area contributed by atoms with Crippen LogP contribution in [0.1, 0.15) is 16.8 Å². The maximum absolute atomic E-state index is 12.3. The van der Waals surface area contributed by atoms with Crippen LogP contribution in [0, 0.1) is 0 Å². The molecule has 0 aliphatic carbocycles. The molecule has 1 N–H and O–H groups in total. The highest BCUT2D eigenvalue weighted by molar-refractivity contribution is 5.99. The number of aromatic nitrogens is 2. The van der Waals surface area contributed by atoms with E-state index in [1.54, 1.807) is 38.6 Å². The Morgan fingerprint density at radius 3 is 2.70 bits per heavy atom. The van der Waals surface area contributed by atoms with Gasteiger partial charge < -0.3 is 19.5 Å². The predicted molar refractivity (Wildman–Crippen MR) is 104 cm³/mol. The van der Waals surface area contributed by atoms with E-state index in [0.717, 1.165) is 11.0 Å². The summed E-state index contributed by atoms with van der Waals surface area (Å²) in [5.41, 5.74) is 2.86. The molecule has 0 fully saturated rings. The smallest absolute Gasteiger partial charge is 0.257 e. The molecule has 0 bridgehead atoms. The van der Waals surface area contributed by atoms with Crippen molar-refractivity contribution in [3.05, 3.63) is 54.4 Å². The van der Waals surface area contributed by atoms with Crippen LogP contribution in [-0.2, 0) is 11.3 Å². The molecule has 0 saturated heterocycles. The SMILES string of the molecule is COc1ccc(NC(=O)CCn2cnc3ccccc32)cc1C(=O)N(C)C. The Morgan fingerprint density at radius 1 is 1.19 bits per heavy atom. The number of nitrogens with zero attached hydrogens (tertiary/aromatic N) is 3. The summed E-state index contributed by atoms with van der Waals surface area (Å²) in [6.07, 6.45) is 2.03. The molecule has 3 aromatic rings. The fourth-order valence-electron chi connectivity index (χ4n) is 2.83. The highest BCUT2D eigenvalue weighted by Crippen LogP contribution is 2.24. The summed E-state index contributed by atoms with van der Waals surface area (Å²) < 4.78 is 7.19. The first-order valence-electron chi connectivity index (χ1n) is 8.59. The van der Waals surface area contributed by atoms with Crippen LogP contribution in [0.2, 0.25) is 0 Å². The first-order chi connectivity index (χ1) is 13.0. The molecule has 0 unspecified atom stereocenters. The molecule has 27 heavy (non-hydrogen) atoms. The molecule has 7 heteroatoms. The molecule has 0 aliphatic heterocycles. The quantitative estimate of drug-likeness (QED) is 0.728. The fraction of sp³-hybridized carbons (Fsp3) is 0.250. The third kappa shape index (κ3) is 4.08. The van der Waals surface area contributed by atoms with Gasteiger partial charge in [-0.3, -0.25) is 9.59 Å². The van der Waals surface area contributed by atoms with Gasteiger partial charge in [0, 0.05) is 32.7 Å². The Kier molecular flexibility index (Phi) is 5.40. The lowest BCUT2D eigenvalue weighted by Gasteiger charge is -2.15. The van der Waals surface area contributed by atoms with Gasteiger partial charge in [0.2, 0.25) is 5.91 Å². The average molecular weight is 366 g/mol. The number of imidazole rings is 1. The maximum Gasteiger partial charge on any atom is 0.257 e. The number of fused-ring (bicyclic) bond motifs is 1. The Bertz CT molecular complexity index is 978. The Morgan fingerprint density at radius 2 is 1.96 bits per heavy atom. The van der Waals surface area contributed by atoms with Crippen molar-refractivity contribution >= 4 is 28.5 Å². The number of carbonyl (C=O) groups is 2. The molecule has 1 heterocycles. The molecule has 0 radical (unpaired) electrons. The first kappa shape index (κ1) is 18.4. The summed E-state index contributed by atoms with van der Waals surface area (Å²) in [6, 6.07) is 12.8. The van der Waals surface area contributed by atoms with Gasteiger partial charge in [0.05, 0.1) is 30.0 Å². The van der Waals surface area contributed by atoms with Crippen LogP contribution in [-0.4, -0.2) is 47.5 Å². The number of amides is 2. The normalized spacial score (nSPS) is 10.6. The van der Waals surface area contributed by atoms with E-state index in [-0.39, 0.29) is 11.8 Å². The number of carbonyl (C=O) groups excluding carboxylic acids is 2. The van der Waals surface area contributed by atoms with Crippen molar-refractivity contribution in [2.24, 2.45) is 0 Å². The van der Waals surface area contributed by atoms with E-state index in [1.807, 2.05) is 28.8 Å². The number of benzene rings is 2. The van der Waals surface area contributed by atoms with Crippen molar-refractivity contribution in [3.8, 4) is 5.75 Å². The number of rotatable bonds is 6. The summed E-state index contributed by atoms with van der Waals surface area (Å²) in [6.45, 7) is 0.520. The average Bonchev–Trinajstić information content (AvgIpc) is 3.09. The zero-order chi connectivity index (χ0) is 19.4. The molecule has 1 aromatic heterocycles. The summed E-state index contributed by atoms with van der Waals surface area (Å²) in [4.78, 5) is 30.4. The molecule has 2 amide bonds. The topological polar surface area (TPSA) is 76.5 Å². The molecular formula is C20H22N4O3. The van der Waals surface area contributed by atoms with Crippen molar-refractivity contribution in [3.63, 3.8) is 0 Å². The monoisotopic (exact) mass is 366 g/mol. The zero-order valence-corrected chi connectivity index (χ0v) is 15.6. The van der Waals surface area contributed by atoms with E-state index in [9.17, 15) is 9.59 Å². The van der Waals surface area contributed by atoms with Gasteiger partial charge in [-0.05, 0) is 30.3 Å². The standard InChI is InChI=1S/C20H22N4O3/c1-23(2)20(26)15-12-14(8-9-18(15)27-3)22-19(25)10-11-24-13-21-16-6-4-5-7-17(16)24/h4-9,12-13H,10-11H2,1-3H3,(H,22,25). The van der Waals surface area contributed by atoms with Crippen LogP contribution in [0.4, 0.5) is 5.69 Å². The van der Waals surface area contributed by atoms with Crippen LogP contribution in [0.25, 0.3) is 11.0 Å². The number of aryl methyl sites for hydroxylation is 1. The van der Waals surface area contributed by atoms with Gasteiger partial charge in [-0.25, -0.2) is 4.98 Å². The van der Waals surface area contributed by atoms with E-state index < -0.39 is 0 Å². The van der Waals surface area contributed by atoms with Crippen LogP contribution in [0.3, 0.4) is 0 Å². The molecule has 0 spiro atoms. The summed E-state index contributed by atoms with van der Waals surface area (Å²) in [7, 11) is 4.85. The molecule has 3 rings (SSSR count). The van der Waals surface area contributed by atoms with Crippen molar-refractivity contribution < 1.29 is 14.3 Å². The highest BCUT2D eigenvalue weighted by Gasteiger charge is 2.16. The minimum absolute atomic E-state index is 0.138. The highest BCUT2D eigenvalue weighted by atomic mass is 16.5. The first-order valence-corrected chi connectivity index (χ1v) is 8.59. The van der Waals surface area contributed by atoms with Crippen LogP contribution >= 0.6 is 0 Å². The third-order valence-electron chi connectivity index (χ3n) is 4.23. The number of ether oxygens (including phenoxy) is 1. The molecule has 7 nitrogen and oxygen atoms in total. The predicted octanol–water partition coefficient (Wildman–Crippen LogP) is 2.78. The summed E-state index contributed by atoms with van der Waals surface area (Å²) in [5, 5.41) is 2.84. The van der Waals surface area contributed by atoms with E-state index in [4.69, 9.17) is 4.74 Å². The lowest BCUT2D eigenvalue weighted by molar-refractivity contribution is -0.116. The Balaban J connectivity index is 1.68. The van der Waals surface area contributed by atoms with Crippen molar-refractivity contribution in [1.29, 1.82) is 0 Å². The summed E-state index contributed by atoms with van der Waals surface area (Å²) >= 11 is 0. The van der Waals surface area contributed by atoms with Gasteiger partial charge in [0.25, 0.3) is 5.91 Å². The van der Waals surface area contributed by atoms with E-state index in [0.29, 0.717) is 30.0 Å². The van der Waals surface area contributed by atoms with Crippen molar-refractivity contribution in [2.75, 3.05) is 26.5 Å². The van der Waals surface area contributed by atoms with Crippen molar-refractivity contribution in [1.82, 2.24) is 14.5 Å². The van der Waals surface area contributed by atoms with E-state index >= 15 is 0 Å². The lowest BCUT2D eigenvalue weighted by Crippen LogP contribution is -2.22. The zero-order valence-electron chi connectivity index (χ0n) is 15.6. The number of anilines is 1. The van der Waals surface area contributed by atoms with Gasteiger partial charge in [-0.2, -0.15) is 0 Å². The maximum atomic E-state index is 12.3. The molecular weight excluding hydrogens is 344 g/mol. The Hall–Kier alpha value is -3.35. The van der Waals surface area contributed by atoms with Gasteiger partial charge in [-0.15, -0.1) is 0 Å². The third-order valence-corrected chi connectivity index (χ3v) is 4.23. The summed E-state index contributed by atoms with van der Waals surface area (Å²) in [5.74, 6) is 0.144. The van der Waals surface area contributed by atoms with Gasteiger partial charge in [-0.1, -0.05) is 12.1 Å². The molecule has 2 aromatic carbocycles. The van der Waals surface area contributed by atoms with E-state index in [2.05, 4.69) is 10.3 Å². The number of hydrogen-bond donors (Lipinski definition) is 1. The fourth-order valence-corrected chi connectivity index (χ4v) is 2.83. The number of para-hydroxylation sites is 2. The van der Waals surface area contributed by atoms with Crippen LogP contribution in [0.15, 0.2) is 48.8 Å². The Labute approximate surface area is 157 Å². The second kappa shape index (κ2) is 7.90. The molecule has 0 aliphatic rings. The second-order valence-corrected chi connectivity index (χ2v) is 6.34. The molecule has 140 valence electrons. The largest absolute Gasteiger partial charge is 0.496 e. The number of methoxy groups -OCH3 is 1. The minimum atomic E-state index is -0.187. The second-order valence-electron chi connectivity index (χ2n) is 6.34. The molecule has 0 saturated carbocycles. The van der Waals surface area contributed by atoms with Crippen LogP contribution < -0.4 is 10.1 Å². The van der Waals surface area contributed by atoms with Gasteiger partial charge >= 0.3 is 0 Å². The van der Waals surface area contributed by atoms with Gasteiger partial charge in [0.1, 0.15) is 5.75 Å². The number of nitrogens with one attached hydrogen (secondary N) is 1. The lowest BCUT2D eigenvalue weighted by atomic mass is 10.1. The minimum Gasteiger partial charge on any atom is -0.496 e. The van der Waals surface area contributed by atoms with Crippen LogP contribution in [0.5, 0.6) is 5.75 Å². The number of hydrogen-bond acceptors (Lipinski definition) is 4. The van der Waals surface area contributed by atoms with E-state index in [1.165, 1.54) is 12.0 Å². The van der Waals surface area contributed by atoms with Gasteiger partial charge in [0.15, 0.2) is 0 Å².